The fraction of sp³-hybridized carbons (Fsp3) is 0.429. The van der Waals surface area contributed by atoms with Crippen LogP contribution in [0.2, 0.25) is 0 Å². The van der Waals surface area contributed by atoms with Gasteiger partial charge in [-0.15, -0.1) is 11.3 Å². The Morgan fingerprint density at radius 1 is 1.55 bits per heavy atom. The quantitative estimate of drug-likeness (QED) is 0.853. The standard InChI is InChI=1S/C14H16N2O3S/c1-9-8-16(5-6-18-9)14(17)12-10(2)19-13(15-12)11-4-3-7-20-11/h3-4,7,9H,5-6,8H2,1-2H3/t9-/m0/s1. The first kappa shape index (κ1) is 13.3. The van der Waals surface area contributed by atoms with E-state index < -0.39 is 0 Å². The van der Waals surface area contributed by atoms with Crippen LogP contribution in [0.1, 0.15) is 23.2 Å². The van der Waals surface area contributed by atoms with Gasteiger partial charge in [-0.1, -0.05) is 6.07 Å². The zero-order valence-corrected chi connectivity index (χ0v) is 12.3. The molecule has 6 heteroatoms. The van der Waals surface area contributed by atoms with Crippen LogP contribution in [0.25, 0.3) is 10.8 Å². The number of morpholine rings is 1. The predicted molar refractivity (Wildman–Crippen MR) is 75.9 cm³/mol. The molecular formula is C14H16N2O3S. The van der Waals surface area contributed by atoms with Crippen LogP contribution in [-0.2, 0) is 4.74 Å². The normalized spacial score (nSPS) is 19.3. The molecule has 1 amide bonds. The van der Waals surface area contributed by atoms with Gasteiger partial charge in [-0.3, -0.25) is 4.79 Å². The number of carbonyl (C=O) groups excluding carboxylic acids is 1. The average Bonchev–Trinajstić information content (AvgIpc) is 3.07. The van der Waals surface area contributed by atoms with E-state index in [1.165, 1.54) is 0 Å². The highest BCUT2D eigenvalue weighted by atomic mass is 32.1. The van der Waals surface area contributed by atoms with Crippen molar-refractivity contribution in [3.8, 4) is 10.8 Å². The summed E-state index contributed by atoms with van der Waals surface area (Å²) in [6, 6.07) is 3.87. The number of aromatic nitrogens is 1. The van der Waals surface area contributed by atoms with Gasteiger partial charge < -0.3 is 14.1 Å². The van der Waals surface area contributed by atoms with Crippen LogP contribution in [-0.4, -0.2) is 41.6 Å². The Balaban J connectivity index is 1.85. The molecule has 2 aromatic rings. The third-order valence-electron chi connectivity index (χ3n) is 3.26. The molecule has 0 aliphatic carbocycles. The maximum absolute atomic E-state index is 12.5. The Morgan fingerprint density at radius 3 is 3.10 bits per heavy atom. The van der Waals surface area contributed by atoms with Crippen LogP contribution < -0.4 is 0 Å². The van der Waals surface area contributed by atoms with Crippen molar-refractivity contribution < 1.29 is 13.9 Å². The average molecular weight is 292 g/mol. The highest BCUT2D eigenvalue weighted by molar-refractivity contribution is 7.13. The van der Waals surface area contributed by atoms with Gasteiger partial charge in [-0.25, -0.2) is 4.98 Å². The van der Waals surface area contributed by atoms with Gasteiger partial charge in [0, 0.05) is 13.1 Å². The highest BCUT2D eigenvalue weighted by Crippen LogP contribution is 2.26. The lowest BCUT2D eigenvalue weighted by atomic mass is 10.2. The van der Waals surface area contributed by atoms with E-state index in [1.807, 2.05) is 24.4 Å². The predicted octanol–water partition coefficient (Wildman–Crippen LogP) is 2.57. The summed E-state index contributed by atoms with van der Waals surface area (Å²) in [4.78, 5) is 19.6. The van der Waals surface area contributed by atoms with E-state index in [2.05, 4.69) is 4.98 Å². The van der Waals surface area contributed by atoms with Gasteiger partial charge in [0.05, 0.1) is 17.6 Å². The maximum atomic E-state index is 12.5. The number of ether oxygens (including phenoxy) is 1. The van der Waals surface area contributed by atoms with Crippen LogP contribution in [0.15, 0.2) is 21.9 Å². The van der Waals surface area contributed by atoms with E-state index >= 15 is 0 Å². The molecule has 1 atom stereocenters. The molecule has 0 aromatic carbocycles. The molecule has 3 rings (SSSR count). The molecule has 1 aliphatic heterocycles. The van der Waals surface area contributed by atoms with E-state index in [-0.39, 0.29) is 12.0 Å². The summed E-state index contributed by atoms with van der Waals surface area (Å²) in [6.07, 6.45) is 0.0664. The Kier molecular flexibility index (Phi) is 3.58. The number of rotatable bonds is 2. The van der Waals surface area contributed by atoms with Crippen molar-refractivity contribution in [1.82, 2.24) is 9.88 Å². The second kappa shape index (κ2) is 5.38. The number of hydrogen-bond donors (Lipinski definition) is 0. The second-order valence-corrected chi connectivity index (χ2v) is 5.78. The van der Waals surface area contributed by atoms with Crippen molar-refractivity contribution >= 4 is 17.2 Å². The molecule has 0 saturated carbocycles. The topological polar surface area (TPSA) is 55.6 Å². The highest BCUT2D eigenvalue weighted by Gasteiger charge is 2.27. The summed E-state index contributed by atoms with van der Waals surface area (Å²) < 4.78 is 11.1. The molecule has 0 spiro atoms. The maximum Gasteiger partial charge on any atom is 0.276 e. The summed E-state index contributed by atoms with van der Waals surface area (Å²) in [5.41, 5.74) is 0.405. The Labute approximate surface area is 121 Å². The summed E-state index contributed by atoms with van der Waals surface area (Å²) >= 11 is 1.54. The Bertz CT molecular complexity index is 606. The Morgan fingerprint density at radius 2 is 2.40 bits per heavy atom. The monoisotopic (exact) mass is 292 g/mol. The van der Waals surface area contributed by atoms with Crippen molar-refractivity contribution in [3.63, 3.8) is 0 Å². The van der Waals surface area contributed by atoms with Crippen molar-refractivity contribution in [2.45, 2.75) is 20.0 Å². The SMILES string of the molecule is Cc1oc(-c2cccs2)nc1C(=O)N1CCO[C@@H](C)C1. The summed E-state index contributed by atoms with van der Waals surface area (Å²) in [5, 5.41) is 1.96. The van der Waals surface area contributed by atoms with E-state index in [0.717, 1.165) is 4.88 Å². The number of thiophene rings is 1. The zero-order valence-electron chi connectivity index (χ0n) is 11.5. The fourth-order valence-corrected chi connectivity index (χ4v) is 2.90. The molecule has 0 bridgehead atoms. The molecule has 2 aromatic heterocycles. The van der Waals surface area contributed by atoms with Crippen LogP contribution in [0.3, 0.4) is 0 Å². The zero-order chi connectivity index (χ0) is 14.1. The number of carbonyl (C=O) groups is 1. The molecule has 0 unspecified atom stereocenters. The van der Waals surface area contributed by atoms with E-state index in [1.54, 1.807) is 23.2 Å². The van der Waals surface area contributed by atoms with Gasteiger partial charge in [0.25, 0.3) is 5.91 Å². The summed E-state index contributed by atoms with van der Waals surface area (Å²) in [7, 11) is 0. The van der Waals surface area contributed by atoms with Crippen molar-refractivity contribution in [2.75, 3.05) is 19.7 Å². The molecule has 3 heterocycles. The number of nitrogens with zero attached hydrogens (tertiary/aromatic N) is 2. The van der Waals surface area contributed by atoms with Gasteiger partial charge in [-0.05, 0) is 25.3 Å². The molecule has 5 nitrogen and oxygen atoms in total. The van der Waals surface area contributed by atoms with Gasteiger partial charge in [0.15, 0.2) is 5.69 Å². The number of amides is 1. The number of aryl methyl sites for hydroxylation is 1. The van der Waals surface area contributed by atoms with Gasteiger partial charge in [0.2, 0.25) is 5.89 Å². The van der Waals surface area contributed by atoms with Crippen molar-refractivity contribution in [3.05, 3.63) is 29.0 Å². The second-order valence-electron chi connectivity index (χ2n) is 4.83. The van der Waals surface area contributed by atoms with Gasteiger partial charge in [0.1, 0.15) is 5.76 Å². The van der Waals surface area contributed by atoms with Crippen molar-refractivity contribution in [2.24, 2.45) is 0 Å². The first-order valence-corrected chi connectivity index (χ1v) is 7.45. The summed E-state index contributed by atoms with van der Waals surface area (Å²) in [5.74, 6) is 1.00. The van der Waals surface area contributed by atoms with E-state index in [9.17, 15) is 4.79 Å². The first-order chi connectivity index (χ1) is 9.65. The third-order valence-corrected chi connectivity index (χ3v) is 4.12. The smallest absolute Gasteiger partial charge is 0.276 e. The van der Waals surface area contributed by atoms with Gasteiger partial charge >= 0.3 is 0 Å². The lowest BCUT2D eigenvalue weighted by Crippen LogP contribution is -2.44. The minimum atomic E-state index is -0.0794. The minimum absolute atomic E-state index is 0.0664. The molecular weight excluding hydrogens is 276 g/mol. The number of hydrogen-bond acceptors (Lipinski definition) is 5. The van der Waals surface area contributed by atoms with Crippen LogP contribution in [0.5, 0.6) is 0 Å². The van der Waals surface area contributed by atoms with E-state index in [0.29, 0.717) is 37.0 Å². The Hall–Kier alpha value is -1.66. The lowest BCUT2D eigenvalue weighted by molar-refractivity contribution is -0.0126. The molecule has 1 saturated heterocycles. The molecule has 20 heavy (non-hydrogen) atoms. The first-order valence-electron chi connectivity index (χ1n) is 6.57. The lowest BCUT2D eigenvalue weighted by Gasteiger charge is -2.30. The number of oxazole rings is 1. The van der Waals surface area contributed by atoms with E-state index in [4.69, 9.17) is 9.15 Å². The molecule has 0 N–H and O–H groups in total. The molecule has 1 fully saturated rings. The minimum Gasteiger partial charge on any atom is -0.440 e. The van der Waals surface area contributed by atoms with Crippen LogP contribution in [0, 0.1) is 6.92 Å². The van der Waals surface area contributed by atoms with Crippen molar-refractivity contribution in [1.29, 1.82) is 0 Å². The largest absolute Gasteiger partial charge is 0.440 e. The van der Waals surface area contributed by atoms with Crippen LogP contribution in [0.4, 0.5) is 0 Å². The molecule has 1 aliphatic rings. The summed E-state index contributed by atoms with van der Waals surface area (Å²) in [6.45, 7) is 5.51. The molecule has 0 radical (unpaired) electrons. The fourth-order valence-electron chi connectivity index (χ4n) is 2.25. The van der Waals surface area contributed by atoms with Crippen LogP contribution >= 0.6 is 11.3 Å². The third kappa shape index (κ3) is 2.48. The molecule has 106 valence electrons. The van der Waals surface area contributed by atoms with Gasteiger partial charge in [-0.2, -0.15) is 0 Å².